The fourth-order valence-electron chi connectivity index (χ4n) is 2.68. The Morgan fingerprint density at radius 3 is 2.13 bits per heavy atom. The number of ether oxygens (including phenoxy) is 1. The highest BCUT2D eigenvalue weighted by molar-refractivity contribution is 5.95. The molecule has 124 valence electrons. The minimum atomic E-state index is -1.27. The van der Waals surface area contributed by atoms with Crippen LogP contribution >= 0.6 is 0 Å². The number of hydrogen-bond acceptors (Lipinski definition) is 5. The number of aromatic carboxylic acids is 1. The van der Waals surface area contributed by atoms with Crippen LogP contribution in [-0.2, 0) is 4.74 Å². The normalized spacial score (nSPS) is 15.1. The van der Waals surface area contributed by atoms with Gasteiger partial charge in [-0.25, -0.2) is 4.79 Å². The van der Waals surface area contributed by atoms with Crippen molar-refractivity contribution in [2.75, 3.05) is 27.2 Å². The lowest BCUT2D eigenvalue weighted by molar-refractivity contribution is -0.255. The average Bonchev–Trinajstić information content (AvgIpc) is 2.60. The van der Waals surface area contributed by atoms with Crippen LogP contribution in [0.4, 0.5) is 4.79 Å². The van der Waals surface area contributed by atoms with E-state index in [-0.39, 0.29) is 23.6 Å². The van der Waals surface area contributed by atoms with E-state index in [0.29, 0.717) is 31.5 Å². The number of carboxylic acid groups (broad SMARTS) is 1. The van der Waals surface area contributed by atoms with Crippen molar-refractivity contribution in [2.45, 2.75) is 18.9 Å². The van der Waals surface area contributed by atoms with Crippen LogP contribution in [0.3, 0.4) is 0 Å². The summed E-state index contributed by atoms with van der Waals surface area (Å²) >= 11 is 0. The summed E-state index contributed by atoms with van der Waals surface area (Å²) in [5.74, 6) is -1.45. The first-order chi connectivity index (χ1) is 10.9. The molecule has 1 fully saturated rings. The summed E-state index contributed by atoms with van der Waals surface area (Å²) in [6.07, 6.45) is 0.999. The first-order valence-electron chi connectivity index (χ1n) is 7.35. The molecule has 1 aliphatic rings. The number of nitrogens with zero attached hydrogens (tertiary/aromatic N) is 2. The highest BCUT2D eigenvalue weighted by Gasteiger charge is 2.28. The summed E-state index contributed by atoms with van der Waals surface area (Å²) in [5.41, 5.74) is 0.462. The topological polar surface area (TPSA) is 90.0 Å². The third-order valence-corrected chi connectivity index (χ3v) is 4.13. The summed E-state index contributed by atoms with van der Waals surface area (Å²) in [4.78, 5) is 37.9. The van der Waals surface area contributed by atoms with E-state index in [9.17, 15) is 19.5 Å². The van der Waals surface area contributed by atoms with Crippen LogP contribution in [-0.4, -0.2) is 61.1 Å². The van der Waals surface area contributed by atoms with Crippen LogP contribution in [0.1, 0.15) is 33.6 Å². The van der Waals surface area contributed by atoms with Gasteiger partial charge in [0.1, 0.15) is 0 Å². The van der Waals surface area contributed by atoms with Crippen LogP contribution < -0.4 is 5.11 Å². The summed E-state index contributed by atoms with van der Waals surface area (Å²) in [5, 5.41) is 10.7. The van der Waals surface area contributed by atoms with E-state index in [1.54, 1.807) is 16.8 Å². The van der Waals surface area contributed by atoms with Crippen molar-refractivity contribution in [3.63, 3.8) is 0 Å². The maximum atomic E-state index is 12.5. The lowest BCUT2D eigenvalue weighted by Crippen LogP contribution is -2.47. The third kappa shape index (κ3) is 3.80. The third-order valence-electron chi connectivity index (χ3n) is 4.13. The predicted molar refractivity (Wildman–Crippen MR) is 79.9 cm³/mol. The SMILES string of the molecule is COC(=O)N1CCC(N(C)C(=O)c2ccc(C(=O)[O-])cc2)CC1. The molecule has 2 rings (SSSR count). The van der Waals surface area contributed by atoms with E-state index in [4.69, 9.17) is 0 Å². The number of rotatable bonds is 3. The highest BCUT2D eigenvalue weighted by atomic mass is 16.5. The Morgan fingerprint density at radius 1 is 1.13 bits per heavy atom. The molecule has 7 heteroatoms. The van der Waals surface area contributed by atoms with Crippen molar-refractivity contribution in [2.24, 2.45) is 0 Å². The average molecular weight is 319 g/mol. The van der Waals surface area contributed by atoms with E-state index < -0.39 is 5.97 Å². The molecular weight excluding hydrogens is 300 g/mol. The maximum Gasteiger partial charge on any atom is 0.409 e. The molecule has 1 heterocycles. The van der Waals surface area contributed by atoms with Gasteiger partial charge in [-0.05, 0) is 30.5 Å². The van der Waals surface area contributed by atoms with Crippen molar-refractivity contribution in [1.82, 2.24) is 9.80 Å². The lowest BCUT2D eigenvalue weighted by Gasteiger charge is -2.36. The number of amides is 2. The number of hydrogen-bond donors (Lipinski definition) is 0. The lowest BCUT2D eigenvalue weighted by atomic mass is 10.0. The molecule has 1 saturated heterocycles. The van der Waals surface area contributed by atoms with Gasteiger partial charge in [0, 0.05) is 31.7 Å². The first kappa shape index (κ1) is 16.8. The van der Waals surface area contributed by atoms with Crippen LogP contribution in [0.15, 0.2) is 24.3 Å². The van der Waals surface area contributed by atoms with Crippen LogP contribution in [0.5, 0.6) is 0 Å². The van der Waals surface area contributed by atoms with Gasteiger partial charge in [0.2, 0.25) is 0 Å². The zero-order chi connectivity index (χ0) is 17.0. The molecule has 23 heavy (non-hydrogen) atoms. The molecule has 1 aliphatic heterocycles. The van der Waals surface area contributed by atoms with E-state index in [1.807, 2.05) is 0 Å². The van der Waals surface area contributed by atoms with Gasteiger partial charge in [0.25, 0.3) is 5.91 Å². The Morgan fingerprint density at radius 2 is 1.65 bits per heavy atom. The number of methoxy groups -OCH3 is 1. The number of carboxylic acids is 1. The van der Waals surface area contributed by atoms with Gasteiger partial charge in [0.05, 0.1) is 13.1 Å². The van der Waals surface area contributed by atoms with E-state index in [1.165, 1.54) is 31.4 Å². The van der Waals surface area contributed by atoms with Gasteiger partial charge in [-0.3, -0.25) is 4.79 Å². The quantitative estimate of drug-likeness (QED) is 0.802. The van der Waals surface area contributed by atoms with Gasteiger partial charge in [-0.1, -0.05) is 12.1 Å². The maximum absolute atomic E-state index is 12.5. The van der Waals surface area contributed by atoms with Gasteiger partial charge >= 0.3 is 6.09 Å². The molecular formula is C16H19N2O5-. The fourth-order valence-corrected chi connectivity index (χ4v) is 2.68. The summed E-state index contributed by atoms with van der Waals surface area (Å²) in [6, 6.07) is 5.71. The number of carbonyl (C=O) groups is 3. The molecule has 2 amide bonds. The van der Waals surface area contributed by atoms with Gasteiger partial charge in [-0.2, -0.15) is 0 Å². The molecule has 0 saturated carbocycles. The Hall–Kier alpha value is -2.57. The zero-order valence-corrected chi connectivity index (χ0v) is 13.2. The molecule has 0 radical (unpaired) electrons. The van der Waals surface area contributed by atoms with E-state index in [0.717, 1.165) is 0 Å². The number of carbonyl (C=O) groups excluding carboxylic acids is 3. The minimum absolute atomic E-state index is 0.0317. The van der Waals surface area contributed by atoms with Crippen molar-refractivity contribution in [1.29, 1.82) is 0 Å². The molecule has 1 aromatic carbocycles. The molecule has 1 aromatic rings. The van der Waals surface area contributed by atoms with Crippen molar-refractivity contribution in [3.8, 4) is 0 Å². The van der Waals surface area contributed by atoms with Crippen LogP contribution in [0.25, 0.3) is 0 Å². The van der Waals surface area contributed by atoms with Crippen LogP contribution in [0.2, 0.25) is 0 Å². The van der Waals surface area contributed by atoms with Crippen molar-refractivity contribution < 1.29 is 24.2 Å². The largest absolute Gasteiger partial charge is 0.545 e. The number of piperidine rings is 1. The number of benzene rings is 1. The fraction of sp³-hybridized carbons (Fsp3) is 0.438. The Labute approximate surface area is 134 Å². The minimum Gasteiger partial charge on any atom is -0.545 e. The molecule has 0 aliphatic carbocycles. The molecule has 0 bridgehead atoms. The molecule has 7 nitrogen and oxygen atoms in total. The van der Waals surface area contributed by atoms with Crippen molar-refractivity contribution >= 4 is 18.0 Å². The summed E-state index contributed by atoms with van der Waals surface area (Å²) in [6.45, 7) is 1.08. The van der Waals surface area contributed by atoms with E-state index >= 15 is 0 Å². The van der Waals surface area contributed by atoms with E-state index in [2.05, 4.69) is 4.74 Å². The molecule has 0 unspecified atom stereocenters. The Bertz CT molecular complexity index is 591. The predicted octanol–water partition coefficient (Wildman–Crippen LogP) is 0.353. The Kier molecular flexibility index (Phi) is 5.20. The monoisotopic (exact) mass is 319 g/mol. The van der Waals surface area contributed by atoms with Crippen molar-refractivity contribution in [3.05, 3.63) is 35.4 Å². The molecule has 0 aromatic heterocycles. The second kappa shape index (κ2) is 7.13. The van der Waals surface area contributed by atoms with Gasteiger partial charge in [-0.15, -0.1) is 0 Å². The van der Waals surface area contributed by atoms with Gasteiger partial charge < -0.3 is 24.4 Å². The smallest absolute Gasteiger partial charge is 0.409 e. The summed E-state index contributed by atoms with van der Waals surface area (Å²) in [7, 11) is 3.06. The second-order valence-electron chi connectivity index (χ2n) is 5.47. The van der Waals surface area contributed by atoms with Crippen LogP contribution in [0, 0.1) is 0 Å². The number of likely N-dealkylation sites (tertiary alicyclic amines) is 1. The van der Waals surface area contributed by atoms with Gasteiger partial charge in [0.15, 0.2) is 0 Å². The zero-order valence-electron chi connectivity index (χ0n) is 13.2. The highest BCUT2D eigenvalue weighted by Crippen LogP contribution is 2.18. The molecule has 0 atom stereocenters. The first-order valence-corrected chi connectivity index (χ1v) is 7.35. The summed E-state index contributed by atoms with van der Waals surface area (Å²) < 4.78 is 4.69. The molecule has 0 N–H and O–H groups in total. The standard InChI is InChI=1S/C16H20N2O5/c1-17(13-7-9-18(10-8-13)16(22)23-2)14(19)11-3-5-12(6-4-11)15(20)21/h3-6,13H,7-10H2,1-2H3,(H,20,21)/p-1. The Balaban J connectivity index is 1.97. The second-order valence-corrected chi connectivity index (χ2v) is 5.47. The molecule has 0 spiro atoms.